The molecular weight excluding hydrogens is 394 g/mol. The Labute approximate surface area is 172 Å². The maximum Gasteiger partial charge on any atom is 0.289 e. The van der Waals surface area contributed by atoms with E-state index in [1.54, 1.807) is 20.1 Å². The molecule has 3 amide bonds. The third kappa shape index (κ3) is 4.97. The zero-order valence-corrected chi connectivity index (χ0v) is 17.0. The third-order valence-electron chi connectivity index (χ3n) is 4.72. The van der Waals surface area contributed by atoms with E-state index >= 15 is 0 Å². The van der Waals surface area contributed by atoms with Crippen molar-refractivity contribution in [3.05, 3.63) is 36.1 Å². The van der Waals surface area contributed by atoms with Gasteiger partial charge in [0.25, 0.3) is 11.1 Å². The van der Waals surface area contributed by atoms with Gasteiger partial charge in [0.2, 0.25) is 11.7 Å². The summed E-state index contributed by atoms with van der Waals surface area (Å²) in [5, 5.41) is 8.34. The van der Waals surface area contributed by atoms with Crippen LogP contribution in [-0.4, -0.2) is 41.5 Å². The predicted octanol–water partition coefficient (Wildman–Crippen LogP) is 1.97. The number of benzene rings is 1. The van der Waals surface area contributed by atoms with E-state index in [2.05, 4.69) is 16.0 Å². The van der Waals surface area contributed by atoms with E-state index < -0.39 is 29.7 Å². The van der Waals surface area contributed by atoms with Crippen LogP contribution in [0.2, 0.25) is 0 Å². The standard InChI is InChI=1S/C20H23N3O5S/c1-11(2)16(18(25)22-14-7-8-21-19(26)17(14)24)23-20(27)29-10-12-9-28-15-6-4-3-5-13(12)15/h3-6,9,11,14,16H,7-8,10H2,1-2H3,(H,21,26)(H,22,25)(H,23,27). The highest BCUT2D eigenvalue weighted by molar-refractivity contribution is 8.12. The molecule has 1 fully saturated rings. The SMILES string of the molecule is CC(C)C(NC(=O)SCc1coc2ccccc12)C(=O)NC1CCNC(=O)C1=O. The van der Waals surface area contributed by atoms with Crippen LogP contribution in [0.3, 0.4) is 0 Å². The molecule has 29 heavy (non-hydrogen) atoms. The Balaban J connectivity index is 1.57. The molecule has 0 spiro atoms. The minimum atomic E-state index is -0.862. The molecule has 0 bridgehead atoms. The maximum absolute atomic E-state index is 12.6. The number of Topliss-reactive ketones (excluding diaryl/α,β-unsaturated/α-hetero) is 1. The summed E-state index contributed by atoms with van der Waals surface area (Å²) in [6, 6.07) is 5.89. The molecule has 2 heterocycles. The third-order valence-corrected chi connectivity index (χ3v) is 5.55. The molecule has 1 aliphatic rings. The highest BCUT2D eigenvalue weighted by Crippen LogP contribution is 2.25. The van der Waals surface area contributed by atoms with Crippen molar-refractivity contribution in [1.82, 2.24) is 16.0 Å². The summed E-state index contributed by atoms with van der Waals surface area (Å²) in [7, 11) is 0. The van der Waals surface area contributed by atoms with Crippen LogP contribution in [0.5, 0.6) is 0 Å². The number of furan rings is 1. The Morgan fingerprint density at radius 2 is 2.03 bits per heavy atom. The summed E-state index contributed by atoms with van der Waals surface area (Å²) in [5.41, 5.74) is 1.65. The molecule has 0 radical (unpaired) electrons. The summed E-state index contributed by atoms with van der Waals surface area (Å²) in [4.78, 5) is 48.4. The van der Waals surface area contributed by atoms with Crippen molar-refractivity contribution in [2.75, 3.05) is 6.54 Å². The number of para-hydroxylation sites is 1. The molecule has 1 aromatic heterocycles. The van der Waals surface area contributed by atoms with Crippen LogP contribution in [0, 0.1) is 5.92 Å². The molecule has 1 saturated heterocycles. The summed E-state index contributed by atoms with van der Waals surface area (Å²) >= 11 is 1.04. The first kappa shape index (κ1) is 20.9. The van der Waals surface area contributed by atoms with Crippen molar-refractivity contribution in [3.8, 4) is 0 Å². The number of piperidine rings is 1. The van der Waals surface area contributed by atoms with E-state index in [-0.39, 0.29) is 11.2 Å². The van der Waals surface area contributed by atoms with Crippen molar-refractivity contribution in [3.63, 3.8) is 0 Å². The van der Waals surface area contributed by atoms with Gasteiger partial charge in [-0.3, -0.25) is 19.2 Å². The van der Waals surface area contributed by atoms with Gasteiger partial charge < -0.3 is 20.4 Å². The monoisotopic (exact) mass is 417 g/mol. The van der Waals surface area contributed by atoms with Gasteiger partial charge in [-0.05, 0) is 18.4 Å². The number of hydrogen-bond donors (Lipinski definition) is 3. The highest BCUT2D eigenvalue weighted by Gasteiger charge is 2.33. The summed E-state index contributed by atoms with van der Waals surface area (Å²) in [6.45, 7) is 3.92. The van der Waals surface area contributed by atoms with Crippen molar-refractivity contribution in [1.29, 1.82) is 0 Å². The molecule has 2 atom stereocenters. The lowest BCUT2D eigenvalue weighted by Crippen LogP contribution is -2.57. The van der Waals surface area contributed by atoms with Gasteiger partial charge in [0.15, 0.2) is 0 Å². The van der Waals surface area contributed by atoms with Crippen LogP contribution < -0.4 is 16.0 Å². The van der Waals surface area contributed by atoms with Crippen LogP contribution in [0.1, 0.15) is 25.8 Å². The first-order valence-electron chi connectivity index (χ1n) is 9.37. The lowest BCUT2D eigenvalue weighted by molar-refractivity contribution is -0.142. The molecule has 3 N–H and O–H groups in total. The average molecular weight is 417 g/mol. The Hall–Kier alpha value is -2.81. The number of rotatable bonds is 6. The second-order valence-electron chi connectivity index (χ2n) is 7.17. The normalized spacial score (nSPS) is 17.8. The molecule has 3 rings (SSSR count). The Morgan fingerprint density at radius 3 is 2.79 bits per heavy atom. The van der Waals surface area contributed by atoms with E-state index in [4.69, 9.17) is 4.42 Å². The molecule has 8 nitrogen and oxygen atoms in total. The fourth-order valence-electron chi connectivity index (χ4n) is 3.10. The van der Waals surface area contributed by atoms with Gasteiger partial charge in [0.05, 0.1) is 12.3 Å². The number of hydrogen-bond acceptors (Lipinski definition) is 6. The summed E-state index contributed by atoms with van der Waals surface area (Å²) in [6.07, 6.45) is 1.95. The number of nitrogens with one attached hydrogen (secondary N) is 3. The Bertz CT molecular complexity index is 939. The van der Waals surface area contributed by atoms with Crippen molar-refractivity contribution in [2.45, 2.75) is 38.1 Å². The van der Waals surface area contributed by atoms with E-state index in [0.717, 1.165) is 28.3 Å². The molecule has 1 aliphatic heterocycles. The zero-order chi connectivity index (χ0) is 21.0. The van der Waals surface area contributed by atoms with Crippen LogP contribution in [-0.2, 0) is 20.1 Å². The number of amides is 3. The van der Waals surface area contributed by atoms with Gasteiger partial charge in [0.1, 0.15) is 11.6 Å². The zero-order valence-electron chi connectivity index (χ0n) is 16.2. The quantitative estimate of drug-likeness (QED) is 0.619. The van der Waals surface area contributed by atoms with E-state index in [9.17, 15) is 19.2 Å². The Kier molecular flexibility index (Phi) is 6.58. The highest BCUT2D eigenvalue weighted by atomic mass is 32.2. The molecule has 1 aromatic carbocycles. The van der Waals surface area contributed by atoms with Gasteiger partial charge in [-0.1, -0.05) is 43.8 Å². The topological polar surface area (TPSA) is 118 Å². The van der Waals surface area contributed by atoms with E-state index in [0.29, 0.717) is 18.7 Å². The molecule has 9 heteroatoms. The lowest BCUT2D eigenvalue weighted by atomic mass is 10.0. The lowest BCUT2D eigenvalue weighted by Gasteiger charge is -2.26. The molecular formula is C20H23N3O5S. The summed E-state index contributed by atoms with van der Waals surface area (Å²) < 4.78 is 5.47. The van der Waals surface area contributed by atoms with Gasteiger partial charge in [-0.25, -0.2) is 0 Å². The smallest absolute Gasteiger partial charge is 0.289 e. The number of carbonyl (C=O) groups is 4. The fourth-order valence-corrected chi connectivity index (χ4v) is 3.82. The molecule has 2 aromatic rings. The second-order valence-corrected chi connectivity index (χ2v) is 8.12. The van der Waals surface area contributed by atoms with E-state index in [1.165, 1.54) is 0 Å². The van der Waals surface area contributed by atoms with Crippen LogP contribution in [0.4, 0.5) is 4.79 Å². The second kappa shape index (κ2) is 9.13. The first-order chi connectivity index (χ1) is 13.9. The van der Waals surface area contributed by atoms with Gasteiger partial charge in [0, 0.05) is 23.2 Å². The number of fused-ring (bicyclic) bond motifs is 1. The van der Waals surface area contributed by atoms with Gasteiger partial charge in [-0.15, -0.1) is 0 Å². The van der Waals surface area contributed by atoms with Crippen LogP contribution in [0.15, 0.2) is 34.9 Å². The molecule has 0 saturated carbocycles. The van der Waals surface area contributed by atoms with Crippen LogP contribution >= 0.6 is 11.8 Å². The molecule has 154 valence electrons. The predicted molar refractivity (Wildman–Crippen MR) is 109 cm³/mol. The van der Waals surface area contributed by atoms with Crippen molar-refractivity contribution >= 4 is 45.6 Å². The van der Waals surface area contributed by atoms with E-state index in [1.807, 2.05) is 24.3 Å². The number of carbonyl (C=O) groups excluding carboxylic acids is 4. The summed E-state index contributed by atoms with van der Waals surface area (Å²) in [5.74, 6) is -1.64. The first-order valence-corrected chi connectivity index (χ1v) is 10.4. The van der Waals surface area contributed by atoms with Crippen molar-refractivity contribution in [2.24, 2.45) is 5.92 Å². The Morgan fingerprint density at radius 1 is 1.28 bits per heavy atom. The largest absolute Gasteiger partial charge is 0.464 e. The van der Waals surface area contributed by atoms with Gasteiger partial charge >= 0.3 is 0 Å². The fraction of sp³-hybridized carbons (Fsp3) is 0.400. The maximum atomic E-state index is 12.6. The molecule has 2 unspecified atom stereocenters. The van der Waals surface area contributed by atoms with Crippen LogP contribution in [0.25, 0.3) is 11.0 Å². The minimum absolute atomic E-state index is 0.193. The average Bonchev–Trinajstić information content (AvgIpc) is 3.11. The number of thioether (sulfide) groups is 1. The molecule has 0 aliphatic carbocycles. The minimum Gasteiger partial charge on any atom is -0.464 e. The van der Waals surface area contributed by atoms with Crippen molar-refractivity contribution < 1.29 is 23.6 Å². The number of ketones is 1. The van der Waals surface area contributed by atoms with Gasteiger partial charge in [-0.2, -0.15) is 0 Å².